The van der Waals surface area contributed by atoms with Gasteiger partial charge in [-0.3, -0.25) is 9.69 Å². The minimum atomic E-state index is 0.00706. The molecular formula is C21H24ClN3O2. The molecule has 2 aromatic rings. The van der Waals surface area contributed by atoms with Crippen molar-refractivity contribution in [1.82, 2.24) is 9.80 Å². The Bertz CT molecular complexity index is 724. The predicted molar refractivity (Wildman–Crippen MR) is 108 cm³/mol. The molecule has 1 fully saturated rings. The molecule has 0 aromatic heterocycles. The van der Waals surface area contributed by atoms with Gasteiger partial charge in [0.1, 0.15) is 0 Å². The highest BCUT2D eigenvalue weighted by Crippen LogP contribution is 2.30. The normalized spacial score (nSPS) is 16.1. The molecule has 1 saturated heterocycles. The molecule has 0 aliphatic carbocycles. The van der Waals surface area contributed by atoms with E-state index in [0.717, 1.165) is 18.1 Å². The van der Waals surface area contributed by atoms with E-state index in [1.54, 1.807) is 0 Å². The van der Waals surface area contributed by atoms with Gasteiger partial charge in [-0.1, -0.05) is 58.7 Å². The molecule has 0 spiro atoms. The number of nitrogens with zero attached hydrogens (tertiary/aromatic N) is 3. The molecule has 1 amide bonds. The molecule has 0 N–H and O–H groups in total. The van der Waals surface area contributed by atoms with Gasteiger partial charge in [0.25, 0.3) is 0 Å². The molecule has 142 valence electrons. The molecule has 5 nitrogen and oxygen atoms in total. The Kier molecular flexibility index (Phi) is 6.58. The van der Waals surface area contributed by atoms with Crippen molar-refractivity contribution in [1.29, 1.82) is 0 Å². The maximum Gasteiger partial charge on any atom is 0.224 e. The second-order valence-corrected chi connectivity index (χ2v) is 7.32. The second-order valence-electron chi connectivity index (χ2n) is 6.88. The van der Waals surface area contributed by atoms with Crippen LogP contribution >= 0.6 is 11.6 Å². The quantitative estimate of drug-likeness (QED) is 0.705. The molecule has 1 aliphatic rings. The lowest BCUT2D eigenvalue weighted by Crippen LogP contribution is -2.50. The van der Waals surface area contributed by atoms with Crippen LogP contribution in [0.2, 0.25) is 5.02 Å². The van der Waals surface area contributed by atoms with Crippen molar-refractivity contribution in [2.75, 3.05) is 32.7 Å². The topological polar surface area (TPSA) is 53.0 Å². The van der Waals surface area contributed by atoms with E-state index >= 15 is 0 Å². The zero-order chi connectivity index (χ0) is 19.2. The first-order valence-electron chi connectivity index (χ1n) is 9.21. The van der Waals surface area contributed by atoms with Crippen molar-refractivity contribution in [3.05, 3.63) is 75.2 Å². The Morgan fingerprint density at radius 2 is 1.56 bits per heavy atom. The maximum atomic E-state index is 12.1. The molecule has 2 aromatic carbocycles. The van der Waals surface area contributed by atoms with Crippen LogP contribution in [0.15, 0.2) is 53.7 Å². The van der Waals surface area contributed by atoms with Gasteiger partial charge >= 0.3 is 0 Å². The van der Waals surface area contributed by atoms with E-state index < -0.39 is 0 Å². The highest BCUT2D eigenvalue weighted by Gasteiger charge is 2.28. The van der Waals surface area contributed by atoms with Crippen LogP contribution in [0, 0.1) is 11.8 Å². The molecule has 1 atom stereocenters. The van der Waals surface area contributed by atoms with E-state index in [4.69, 9.17) is 11.6 Å². The summed E-state index contributed by atoms with van der Waals surface area (Å²) >= 11 is 6.08. The van der Waals surface area contributed by atoms with E-state index in [1.165, 1.54) is 16.7 Å². The van der Waals surface area contributed by atoms with Crippen LogP contribution in [0.3, 0.4) is 0 Å². The number of amides is 1. The SMILES string of the molecule is Cc1ccc(C(c2ccc(Cl)cc2)N2CCN(C(=O)CCN=O)CC2)cc1. The molecular weight excluding hydrogens is 362 g/mol. The van der Waals surface area contributed by atoms with Crippen molar-refractivity contribution in [3.8, 4) is 0 Å². The molecule has 0 saturated carbocycles. The first-order chi connectivity index (χ1) is 13.1. The van der Waals surface area contributed by atoms with Gasteiger partial charge in [0.2, 0.25) is 5.91 Å². The highest BCUT2D eigenvalue weighted by molar-refractivity contribution is 6.30. The van der Waals surface area contributed by atoms with E-state index in [0.29, 0.717) is 13.1 Å². The fourth-order valence-electron chi connectivity index (χ4n) is 3.54. The fourth-order valence-corrected chi connectivity index (χ4v) is 3.66. The maximum absolute atomic E-state index is 12.1. The van der Waals surface area contributed by atoms with Gasteiger partial charge in [0, 0.05) is 37.6 Å². The first-order valence-corrected chi connectivity index (χ1v) is 9.59. The van der Waals surface area contributed by atoms with Crippen LogP contribution in [-0.4, -0.2) is 48.4 Å². The van der Waals surface area contributed by atoms with E-state index in [9.17, 15) is 9.70 Å². The average Bonchev–Trinajstić information content (AvgIpc) is 2.70. The molecule has 6 heteroatoms. The minimum Gasteiger partial charge on any atom is -0.340 e. The van der Waals surface area contributed by atoms with Crippen LogP contribution < -0.4 is 0 Å². The number of hydrogen-bond donors (Lipinski definition) is 0. The van der Waals surface area contributed by atoms with Gasteiger partial charge in [-0.05, 0) is 30.2 Å². The predicted octanol–water partition coefficient (Wildman–Crippen LogP) is 4.04. The van der Waals surface area contributed by atoms with Gasteiger partial charge in [-0.15, -0.1) is 0 Å². The number of benzene rings is 2. The Hall–Kier alpha value is -2.24. The van der Waals surface area contributed by atoms with Crippen molar-refractivity contribution in [2.24, 2.45) is 5.18 Å². The summed E-state index contributed by atoms with van der Waals surface area (Å²) < 4.78 is 0. The third kappa shape index (κ3) is 4.93. The van der Waals surface area contributed by atoms with Crippen molar-refractivity contribution in [2.45, 2.75) is 19.4 Å². The summed E-state index contributed by atoms with van der Waals surface area (Å²) in [5.74, 6) is 0.00706. The van der Waals surface area contributed by atoms with Crippen LogP contribution in [-0.2, 0) is 4.79 Å². The van der Waals surface area contributed by atoms with Crippen LogP contribution in [0.1, 0.15) is 29.2 Å². The summed E-state index contributed by atoms with van der Waals surface area (Å²) in [6.45, 7) is 5.01. The van der Waals surface area contributed by atoms with Crippen molar-refractivity contribution < 1.29 is 4.79 Å². The molecule has 27 heavy (non-hydrogen) atoms. The van der Waals surface area contributed by atoms with E-state index in [2.05, 4.69) is 53.4 Å². The Morgan fingerprint density at radius 3 is 2.11 bits per heavy atom. The number of aryl methyl sites for hydroxylation is 1. The molecule has 1 heterocycles. The number of carbonyl (C=O) groups is 1. The largest absolute Gasteiger partial charge is 0.340 e. The lowest BCUT2D eigenvalue weighted by Gasteiger charge is -2.39. The van der Waals surface area contributed by atoms with Gasteiger partial charge < -0.3 is 4.90 Å². The van der Waals surface area contributed by atoms with E-state index in [-0.39, 0.29) is 24.9 Å². The van der Waals surface area contributed by atoms with Crippen LogP contribution in [0.5, 0.6) is 0 Å². The highest BCUT2D eigenvalue weighted by atomic mass is 35.5. The molecule has 0 bridgehead atoms. The Labute approximate surface area is 164 Å². The van der Waals surface area contributed by atoms with E-state index in [1.807, 2.05) is 17.0 Å². The number of halogens is 1. The average molecular weight is 386 g/mol. The van der Waals surface area contributed by atoms with Gasteiger partial charge in [0.15, 0.2) is 0 Å². The van der Waals surface area contributed by atoms with Crippen LogP contribution in [0.25, 0.3) is 0 Å². The fraction of sp³-hybridized carbons (Fsp3) is 0.381. The number of hydrogen-bond acceptors (Lipinski definition) is 4. The minimum absolute atomic E-state index is 0.00706. The second kappa shape index (κ2) is 9.11. The van der Waals surface area contributed by atoms with Crippen molar-refractivity contribution in [3.63, 3.8) is 0 Å². The monoisotopic (exact) mass is 385 g/mol. The zero-order valence-corrected chi connectivity index (χ0v) is 16.2. The molecule has 3 rings (SSSR count). The summed E-state index contributed by atoms with van der Waals surface area (Å²) in [7, 11) is 0. The molecule has 0 radical (unpaired) electrons. The van der Waals surface area contributed by atoms with Crippen molar-refractivity contribution >= 4 is 17.5 Å². The third-order valence-electron chi connectivity index (χ3n) is 5.03. The summed E-state index contributed by atoms with van der Waals surface area (Å²) in [5, 5.41) is 3.51. The van der Waals surface area contributed by atoms with Gasteiger partial charge in [-0.2, -0.15) is 4.91 Å². The number of carbonyl (C=O) groups excluding carboxylic acids is 1. The number of nitroso groups, excluding NO2 is 1. The first kappa shape index (κ1) is 19.5. The van der Waals surface area contributed by atoms with Gasteiger partial charge in [-0.25, -0.2) is 0 Å². The summed E-state index contributed by atoms with van der Waals surface area (Å²) in [5.41, 5.74) is 3.65. The summed E-state index contributed by atoms with van der Waals surface area (Å²) in [6, 6.07) is 16.7. The molecule has 1 aliphatic heterocycles. The van der Waals surface area contributed by atoms with Crippen LogP contribution in [0.4, 0.5) is 0 Å². The lowest BCUT2D eigenvalue weighted by molar-refractivity contribution is -0.132. The lowest BCUT2D eigenvalue weighted by atomic mass is 9.95. The Balaban J connectivity index is 1.78. The molecule has 1 unspecified atom stereocenters. The Morgan fingerprint density at radius 1 is 1.00 bits per heavy atom. The van der Waals surface area contributed by atoms with Gasteiger partial charge in [0.05, 0.1) is 12.6 Å². The smallest absolute Gasteiger partial charge is 0.224 e. The number of rotatable bonds is 6. The zero-order valence-electron chi connectivity index (χ0n) is 15.5. The summed E-state index contributed by atoms with van der Waals surface area (Å²) in [6.07, 6.45) is 0.197. The number of piperazine rings is 1. The third-order valence-corrected chi connectivity index (χ3v) is 5.28. The standard InChI is InChI=1S/C21H24ClN3O2/c1-16-2-4-17(5-3-16)21(18-6-8-19(22)9-7-18)25-14-12-24(13-15-25)20(26)10-11-23-27/h2-9,21H,10-15H2,1H3. The summed E-state index contributed by atoms with van der Waals surface area (Å²) in [4.78, 5) is 26.6.